The highest BCUT2D eigenvalue weighted by Crippen LogP contribution is 2.17. The topological polar surface area (TPSA) is 36.1 Å². The first-order valence-corrected chi connectivity index (χ1v) is 6.83. The number of aromatic nitrogens is 1. The molecule has 1 aromatic heterocycles. The average molecular weight is 258 g/mol. The van der Waals surface area contributed by atoms with Crippen LogP contribution in [0.15, 0.2) is 30.5 Å². The summed E-state index contributed by atoms with van der Waals surface area (Å²) in [7, 11) is 1.89. The normalized spacial score (nSPS) is 12.9. The van der Waals surface area contributed by atoms with Gasteiger partial charge in [-0.05, 0) is 43.5 Å². The quantitative estimate of drug-likeness (QED) is 0.892. The zero-order valence-electron chi connectivity index (χ0n) is 12.1. The number of nitrogens with zero attached hydrogens (tertiary/aromatic N) is 1. The van der Waals surface area contributed by atoms with Gasteiger partial charge in [-0.25, -0.2) is 0 Å². The van der Waals surface area contributed by atoms with Crippen LogP contribution in [0.1, 0.15) is 37.6 Å². The summed E-state index contributed by atoms with van der Waals surface area (Å²) < 4.78 is 0. The van der Waals surface area contributed by atoms with Gasteiger partial charge in [-0.2, -0.15) is 0 Å². The van der Waals surface area contributed by atoms with E-state index in [2.05, 4.69) is 25.8 Å². The summed E-state index contributed by atoms with van der Waals surface area (Å²) in [6.07, 6.45) is 2.92. The van der Waals surface area contributed by atoms with E-state index in [9.17, 15) is 4.79 Å². The van der Waals surface area contributed by atoms with Gasteiger partial charge in [0.1, 0.15) is 0 Å². The first-order valence-electron chi connectivity index (χ1n) is 6.83. The molecule has 3 heteroatoms. The fraction of sp³-hybridized carbons (Fsp3) is 0.438. The van der Waals surface area contributed by atoms with Crippen LogP contribution in [0.3, 0.4) is 0 Å². The van der Waals surface area contributed by atoms with E-state index in [0.29, 0.717) is 5.92 Å². The first kappa shape index (κ1) is 13.7. The highest BCUT2D eigenvalue weighted by atomic mass is 16.2. The summed E-state index contributed by atoms with van der Waals surface area (Å²) in [6, 6.07) is 8.05. The number of nitrogens with one attached hydrogen (secondary N) is 1. The van der Waals surface area contributed by atoms with Crippen molar-refractivity contribution in [2.24, 2.45) is 5.92 Å². The minimum absolute atomic E-state index is 0.0938. The van der Waals surface area contributed by atoms with Crippen molar-refractivity contribution in [2.75, 3.05) is 7.05 Å². The molecular formula is C16H22N2O. The van der Waals surface area contributed by atoms with Crippen LogP contribution in [0.4, 0.5) is 0 Å². The van der Waals surface area contributed by atoms with E-state index in [0.717, 1.165) is 22.9 Å². The van der Waals surface area contributed by atoms with E-state index in [-0.39, 0.29) is 11.9 Å². The Morgan fingerprint density at radius 3 is 2.68 bits per heavy atom. The summed E-state index contributed by atoms with van der Waals surface area (Å²) in [4.78, 5) is 17.4. The van der Waals surface area contributed by atoms with Crippen molar-refractivity contribution in [2.45, 2.75) is 33.2 Å². The molecule has 102 valence electrons. The Morgan fingerprint density at radius 1 is 1.26 bits per heavy atom. The van der Waals surface area contributed by atoms with Crippen molar-refractivity contribution >= 4 is 16.8 Å². The maximum Gasteiger partial charge on any atom is 0.253 e. The van der Waals surface area contributed by atoms with E-state index in [1.165, 1.54) is 0 Å². The molecule has 0 aliphatic rings. The lowest BCUT2D eigenvalue weighted by Crippen LogP contribution is -2.35. The van der Waals surface area contributed by atoms with Crippen molar-refractivity contribution in [3.8, 4) is 0 Å². The molecule has 1 N–H and O–H groups in total. The molecule has 0 radical (unpaired) electrons. The molecule has 19 heavy (non-hydrogen) atoms. The third kappa shape index (κ3) is 2.98. The number of hydrogen-bond donors (Lipinski definition) is 1. The number of carbonyl (C=O) groups excluding carboxylic acids is 1. The first-order chi connectivity index (χ1) is 8.99. The Balaban J connectivity index is 2.18. The lowest BCUT2D eigenvalue weighted by atomic mass is 10.0. The van der Waals surface area contributed by atoms with Gasteiger partial charge < -0.3 is 9.88 Å². The third-order valence-corrected chi connectivity index (χ3v) is 3.59. The van der Waals surface area contributed by atoms with E-state index in [1.807, 2.05) is 42.4 Å². The van der Waals surface area contributed by atoms with Crippen LogP contribution < -0.4 is 0 Å². The highest BCUT2D eigenvalue weighted by Gasteiger charge is 2.18. The number of fused-ring (bicyclic) bond motifs is 1. The molecule has 3 nitrogen and oxygen atoms in total. The SMILES string of the molecule is CC(C)CC(C)N(C)C(=O)c1ccc2[nH]ccc2c1. The Labute approximate surface area is 114 Å². The number of carbonyl (C=O) groups is 1. The third-order valence-electron chi connectivity index (χ3n) is 3.59. The van der Waals surface area contributed by atoms with Gasteiger partial charge in [0.25, 0.3) is 5.91 Å². The summed E-state index contributed by atoms with van der Waals surface area (Å²) in [5.41, 5.74) is 1.82. The van der Waals surface area contributed by atoms with Crippen LogP contribution in [-0.4, -0.2) is 28.9 Å². The Kier molecular flexibility index (Phi) is 3.93. The zero-order valence-corrected chi connectivity index (χ0v) is 12.1. The van der Waals surface area contributed by atoms with Gasteiger partial charge in [0.2, 0.25) is 0 Å². The fourth-order valence-corrected chi connectivity index (χ4v) is 2.43. The van der Waals surface area contributed by atoms with Gasteiger partial charge >= 0.3 is 0 Å². The highest BCUT2D eigenvalue weighted by molar-refractivity contribution is 5.98. The molecule has 2 rings (SSSR count). The molecule has 1 amide bonds. The van der Waals surface area contributed by atoms with Crippen LogP contribution in [0.5, 0.6) is 0 Å². The van der Waals surface area contributed by atoms with Crippen LogP contribution in [0.2, 0.25) is 0 Å². The second-order valence-electron chi connectivity index (χ2n) is 5.67. The number of amides is 1. The van der Waals surface area contributed by atoms with Crippen molar-refractivity contribution in [3.63, 3.8) is 0 Å². The second-order valence-corrected chi connectivity index (χ2v) is 5.67. The van der Waals surface area contributed by atoms with E-state index in [1.54, 1.807) is 0 Å². The summed E-state index contributed by atoms with van der Waals surface area (Å²) in [6.45, 7) is 6.47. The van der Waals surface area contributed by atoms with Gasteiger partial charge in [-0.15, -0.1) is 0 Å². The second kappa shape index (κ2) is 5.47. The van der Waals surface area contributed by atoms with Crippen LogP contribution in [0, 0.1) is 5.92 Å². The monoisotopic (exact) mass is 258 g/mol. The van der Waals surface area contributed by atoms with Crippen molar-refractivity contribution in [1.82, 2.24) is 9.88 Å². The molecule has 0 saturated heterocycles. The molecule has 1 aromatic carbocycles. The van der Waals surface area contributed by atoms with Gasteiger partial charge in [-0.1, -0.05) is 13.8 Å². The molecule has 0 aliphatic heterocycles. The van der Waals surface area contributed by atoms with Crippen molar-refractivity contribution in [1.29, 1.82) is 0 Å². The molecule has 0 aliphatic carbocycles. The lowest BCUT2D eigenvalue weighted by Gasteiger charge is -2.26. The minimum Gasteiger partial charge on any atom is -0.361 e. The number of aromatic amines is 1. The maximum absolute atomic E-state index is 12.4. The number of benzene rings is 1. The Morgan fingerprint density at radius 2 is 2.00 bits per heavy atom. The standard InChI is InChI=1S/C16H22N2O/c1-11(2)9-12(3)18(4)16(19)14-5-6-15-13(10-14)7-8-17-15/h5-8,10-12,17H,9H2,1-4H3. The summed E-state index contributed by atoms with van der Waals surface area (Å²) in [5.74, 6) is 0.689. The molecular weight excluding hydrogens is 236 g/mol. The zero-order chi connectivity index (χ0) is 14.0. The van der Waals surface area contributed by atoms with Gasteiger partial charge in [-0.3, -0.25) is 4.79 Å². The largest absolute Gasteiger partial charge is 0.361 e. The van der Waals surface area contributed by atoms with Crippen molar-refractivity contribution < 1.29 is 4.79 Å². The summed E-state index contributed by atoms with van der Waals surface area (Å²) >= 11 is 0. The van der Waals surface area contributed by atoms with Crippen molar-refractivity contribution in [3.05, 3.63) is 36.0 Å². The van der Waals surface area contributed by atoms with E-state index in [4.69, 9.17) is 0 Å². The van der Waals surface area contributed by atoms with Crippen LogP contribution in [0.25, 0.3) is 10.9 Å². The van der Waals surface area contributed by atoms with Gasteiger partial charge in [0, 0.05) is 35.8 Å². The minimum atomic E-state index is 0.0938. The predicted molar refractivity (Wildman–Crippen MR) is 79.3 cm³/mol. The molecule has 1 unspecified atom stereocenters. The molecule has 0 saturated carbocycles. The molecule has 1 atom stereocenters. The number of rotatable bonds is 4. The number of hydrogen-bond acceptors (Lipinski definition) is 1. The average Bonchev–Trinajstić information content (AvgIpc) is 2.83. The Hall–Kier alpha value is -1.77. The molecule has 0 bridgehead atoms. The molecule has 0 fully saturated rings. The molecule has 0 spiro atoms. The number of H-pyrrole nitrogens is 1. The fourth-order valence-electron chi connectivity index (χ4n) is 2.43. The molecule has 1 heterocycles. The van der Waals surface area contributed by atoms with E-state index >= 15 is 0 Å². The van der Waals surface area contributed by atoms with Gasteiger partial charge in [0.15, 0.2) is 0 Å². The van der Waals surface area contributed by atoms with Crippen LogP contribution >= 0.6 is 0 Å². The smallest absolute Gasteiger partial charge is 0.253 e. The molecule has 2 aromatic rings. The maximum atomic E-state index is 12.4. The van der Waals surface area contributed by atoms with Crippen LogP contribution in [-0.2, 0) is 0 Å². The lowest BCUT2D eigenvalue weighted by molar-refractivity contribution is 0.0728. The Bertz CT molecular complexity index is 571. The predicted octanol–water partition coefficient (Wildman–Crippen LogP) is 3.67. The van der Waals surface area contributed by atoms with E-state index < -0.39 is 0 Å². The van der Waals surface area contributed by atoms with Gasteiger partial charge in [0.05, 0.1) is 0 Å². The summed E-state index contributed by atoms with van der Waals surface area (Å²) in [5, 5.41) is 1.08.